The van der Waals surface area contributed by atoms with Crippen LogP contribution in [0.3, 0.4) is 0 Å². The molecule has 238 valence electrons. The number of aromatic nitrogens is 4. The van der Waals surface area contributed by atoms with E-state index in [-0.39, 0.29) is 0 Å². The number of oxazole rings is 1. The lowest BCUT2D eigenvalue weighted by molar-refractivity contribution is 0.623. The Balaban J connectivity index is 1.23. The van der Waals surface area contributed by atoms with Gasteiger partial charge < -0.3 is 4.42 Å². The number of fused-ring (bicyclic) bond motifs is 7. The smallest absolute Gasteiger partial charge is 0.227 e. The van der Waals surface area contributed by atoms with Gasteiger partial charge in [-0.2, -0.15) is 0 Å². The molecule has 10 rings (SSSR count). The van der Waals surface area contributed by atoms with Gasteiger partial charge in [-0.3, -0.25) is 0 Å². The van der Waals surface area contributed by atoms with Crippen molar-refractivity contribution in [1.82, 2.24) is 19.9 Å². The highest BCUT2D eigenvalue weighted by molar-refractivity contribution is 6.27. The van der Waals surface area contributed by atoms with Crippen LogP contribution >= 0.6 is 0 Å². The summed E-state index contributed by atoms with van der Waals surface area (Å²) in [5.74, 6) is 2.47. The maximum atomic E-state index is 6.57. The molecule has 0 atom stereocenters. The standard InChI is InChI=1S/C46H28N4O/c1-4-13-29(14-5-1)34-19-10-11-20-37(34)44-48-43(32-15-6-2-7-16-32)49-45(50-44)38-22-12-21-36-35(38)27-25-30-23-24-31-26-28-39-42(41(31)40(30)36)51-46(47-39)33-17-8-3-9-18-33/h1-28H. The molecule has 5 nitrogen and oxygen atoms in total. The second-order valence-electron chi connectivity index (χ2n) is 12.6. The third kappa shape index (κ3) is 4.94. The maximum absolute atomic E-state index is 6.57. The van der Waals surface area contributed by atoms with Crippen LogP contribution in [0.4, 0.5) is 0 Å². The molecule has 2 heterocycles. The minimum Gasteiger partial charge on any atom is -0.435 e. The van der Waals surface area contributed by atoms with E-state index in [2.05, 4.69) is 91.0 Å². The number of rotatable bonds is 5. The van der Waals surface area contributed by atoms with Gasteiger partial charge in [0.15, 0.2) is 23.1 Å². The third-order valence-corrected chi connectivity index (χ3v) is 9.56. The zero-order chi connectivity index (χ0) is 33.7. The topological polar surface area (TPSA) is 64.7 Å². The molecule has 0 aliphatic heterocycles. The average Bonchev–Trinajstić information content (AvgIpc) is 3.66. The molecule has 0 unspecified atom stereocenters. The Morgan fingerprint density at radius 3 is 1.63 bits per heavy atom. The van der Waals surface area contributed by atoms with Gasteiger partial charge in [0.25, 0.3) is 0 Å². The number of benzene rings is 8. The quantitative estimate of drug-likeness (QED) is 0.173. The molecule has 5 heteroatoms. The number of nitrogens with zero attached hydrogens (tertiary/aromatic N) is 4. The minimum atomic E-state index is 0.609. The maximum Gasteiger partial charge on any atom is 0.227 e. The first kappa shape index (κ1) is 29.0. The summed E-state index contributed by atoms with van der Waals surface area (Å²) in [6, 6.07) is 58.1. The highest BCUT2D eigenvalue weighted by Crippen LogP contribution is 2.41. The lowest BCUT2D eigenvalue weighted by Gasteiger charge is -2.14. The molecule has 8 aromatic carbocycles. The van der Waals surface area contributed by atoms with Crippen molar-refractivity contribution in [1.29, 1.82) is 0 Å². The number of hydrogen-bond acceptors (Lipinski definition) is 5. The van der Waals surface area contributed by atoms with Crippen LogP contribution in [0.5, 0.6) is 0 Å². The molecule has 51 heavy (non-hydrogen) atoms. The van der Waals surface area contributed by atoms with Crippen molar-refractivity contribution in [3.05, 3.63) is 170 Å². The van der Waals surface area contributed by atoms with Crippen LogP contribution in [0.25, 0.3) is 100 Å². The summed E-state index contributed by atoms with van der Waals surface area (Å²) < 4.78 is 6.57. The molecule has 0 saturated carbocycles. The minimum absolute atomic E-state index is 0.609. The van der Waals surface area contributed by atoms with Gasteiger partial charge in [-0.25, -0.2) is 19.9 Å². The van der Waals surface area contributed by atoms with E-state index in [1.807, 2.05) is 78.9 Å². The van der Waals surface area contributed by atoms with Crippen LogP contribution in [0.2, 0.25) is 0 Å². The van der Waals surface area contributed by atoms with Crippen LogP contribution in [0, 0.1) is 0 Å². The normalized spacial score (nSPS) is 11.5. The second kappa shape index (κ2) is 11.9. The zero-order valence-corrected chi connectivity index (χ0v) is 27.4. The first-order valence-electron chi connectivity index (χ1n) is 17.0. The van der Waals surface area contributed by atoms with Gasteiger partial charge in [0.2, 0.25) is 5.89 Å². The Morgan fingerprint density at radius 2 is 0.882 bits per heavy atom. The predicted octanol–water partition coefficient (Wildman–Crippen LogP) is 11.8. The van der Waals surface area contributed by atoms with E-state index in [0.29, 0.717) is 23.4 Å². The molecule has 0 N–H and O–H groups in total. The van der Waals surface area contributed by atoms with Gasteiger partial charge >= 0.3 is 0 Å². The molecule has 0 aliphatic rings. The molecular formula is C46H28N4O. The van der Waals surface area contributed by atoms with E-state index in [1.54, 1.807) is 0 Å². The summed E-state index contributed by atoms with van der Waals surface area (Å²) in [6.45, 7) is 0. The van der Waals surface area contributed by atoms with E-state index in [1.165, 1.54) is 0 Å². The molecule has 0 spiro atoms. The molecule has 0 bridgehead atoms. The van der Waals surface area contributed by atoms with Gasteiger partial charge in [-0.05, 0) is 50.9 Å². The average molecular weight is 653 g/mol. The van der Waals surface area contributed by atoms with Crippen molar-refractivity contribution in [3.8, 4) is 56.7 Å². The molecule has 10 aromatic rings. The Hall–Kier alpha value is -6.98. The highest BCUT2D eigenvalue weighted by atomic mass is 16.3. The molecule has 0 amide bonds. The van der Waals surface area contributed by atoms with Gasteiger partial charge in [-0.1, -0.05) is 152 Å². The van der Waals surface area contributed by atoms with Gasteiger partial charge in [0.1, 0.15) is 5.52 Å². The summed E-state index contributed by atoms with van der Waals surface area (Å²) in [5.41, 5.74) is 7.53. The largest absolute Gasteiger partial charge is 0.435 e. The summed E-state index contributed by atoms with van der Waals surface area (Å²) in [5, 5.41) is 6.50. The van der Waals surface area contributed by atoms with Crippen molar-refractivity contribution in [2.24, 2.45) is 0 Å². The lowest BCUT2D eigenvalue weighted by atomic mass is 9.93. The molecule has 0 radical (unpaired) electrons. The van der Waals surface area contributed by atoms with Crippen molar-refractivity contribution in [3.63, 3.8) is 0 Å². The Bertz CT molecular complexity index is 2900. The third-order valence-electron chi connectivity index (χ3n) is 9.56. The fraction of sp³-hybridized carbons (Fsp3) is 0. The Labute approximate surface area is 293 Å². The fourth-order valence-corrected chi connectivity index (χ4v) is 7.16. The molecule has 0 saturated heterocycles. The van der Waals surface area contributed by atoms with E-state index in [4.69, 9.17) is 24.4 Å². The first-order valence-corrected chi connectivity index (χ1v) is 17.0. The first-order chi connectivity index (χ1) is 25.3. The van der Waals surface area contributed by atoms with Crippen molar-refractivity contribution in [2.45, 2.75) is 0 Å². The summed E-state index contributed by atoms with van der Waals surface area (Å²) in [4.78, 5) is 20.3. The van der Waals surface area contributed by atoms with Crippen molar-refractivity contribution < 1.29 is 4.42 Å². The lowest BCUT2D eigenvalue weighted by Crippen LogP contribution is -2.01. The summed E-state index contributed by atoms with van der Waals surface area (Å²) in [6.07, 6.45) is 0. The van der Waals surface area contributed by atoms with E-state index in [0.717, 1.165) is 76.8 Å². The fourth-order valence-electron chi connectivity index (χ4n) is 7.16. The number of hydrogen-bond donors (Lipinski definition) is 0. The molecule has 2 aromatic heterocycles. The van der Waals surface area contributed by atoms with E-state index < -0.39 is 0 Å². The molecule has 0 aliphatic carbocycles. The van der Waals surface area contributed by atoms with Crippen molar-refractivity contribution in [2.75, 3.05) is 0 Å². The van der Waals surface area contributed by atoms with Crippen LogP contribution in [0.15, 0.2) is 174 Å². The van der Waals surface area contributed by atoms with Crippen LogP contribution in [0.1, 0.15) is 0 Å². The van der Waals surface area contributed by atoms with Gasteiger partial charge in [0.05, 0.1) is 0 Å². The van der Waals surface area contributed by atoms with E-state index in [9.17, 15) is 0 Å². The summed E-state index contributed by atoms with van der Waals surface area (Å²) in [7, 11) is 0. The molecule has 0 fully saturated rings. The Kier molecular flexibility index (Phi) is 6.74. The second-order valence-corrected chi connectivity index (χ2v) is 12.6. The van der Waals surface area contributed by atoms with E-state index >= 15 is 0 Å². The SMILES string of the molecule is c1ccc(-c2nc(-c3ccccc3-c3ccccc3)nc(-c3cccc4c3ccc3ccc5ccc6nc(-c7ccccc7)oc6c5c34)n2)cc1. The van der Waals surface area contributed by atoms with Gasteiger partial charge in [-0.15, -0.1) is 0 Å². The zero-order valence-electron chi connectivity index (χ0n) is 27.4. The predicted molar refractivity (Wildman–Crippen MR) is 207 cm³/mol. The van der Waals surface area contributed by atoms with Crippen LogP contribution in [-0.2, 0) is 0 Å². The van der Waals surface area contributed by atoms with Crippen LogP contribution < -0.4 is 0 Å². The summed E-state index contributed by atoms with van der Waals surface area (Å²) >= 11 is 0. The van der Waals surface area contributed by atoms with Crippen molar-refractivity contribution >= 4 is 43.4 Å². The monoisotopic (exact) mass is 652 g/mol. The van der Waals surface area contributed by atoms with Crippen LogP contribution in [-0.4, -0.2) is 19.9 Å². The highest BCUT2D eigenvalue weighted by Gasteiger charge is 2.19. The van der Waals surface area contributed by atoms with Gasteiger partial charge in [0, 0.05) is 33.0 Å². The Morgan fingerprint density at radius 1 is 0.333 bits per heavy atom. The molecular weight excluding hydrogens is 625 g/mol.